The molecular weight excluding hydrogens is 283 g/mol. The van der Waals surface area contributed by atoms with Crippen LogP contribution in [0.3, 0.4) is 0 Å². The van der Waals surface area contributed by atoms with Crippen LogP contribution in [0.2, 0.25) is 0 Å². The lowest BCUT2D eigenvalue weighted by Crippen LogP contribution is -2.45. The quantitative estimate of drug-likeness (QED) is 0.777. The first kappa shape index (κ1) is 15.2. The largest absolute Gasteiger partial charge is 0.399 e. The molecule has 1 aliphatic rings. The summed E-state index contributed by atoms with van der Waals surface area (Å²) in [4.78, 5) is -0.387. The number of nitrogens with zero attached hydrogens (tertiary/aromatic N) is 1. The SMILES string of the molecule is Nc1ccc(F)c(S(=O)(=O)N(CCCO)C2CCC2)c1. The zero-order valence-corrected chi connectivity index (χ0v) is 11.9. The van der Waals surface area contributed by atoms with Crippen LogP contribution in [-0.4, -0.2) is 37.0 Å². The summed E-state index contributed by atoms with van der Waals surface area (Å²) in [5.41, 5.74) is 5.77. The molecule has 5 nitrogen and oxygen atoms in total. The van der Waals surface area contributed by atoms with Crippen LogP contribution < -0.4 is 5.73 Å². The molecule has 0 heterocycles. The van der Waals surface area contributed by atoms with Gasteiger partial charge in [0.1, 0.15) is 10.7 Å². The molecule has 0 amide bonds. The van der Waals surface area contributed by atoms with Crippen LogP contribution in [0, 0.1) is 5.82 Å². The van der Waals surface area contributed by atoms with Crippen LogP contribution in [0.1, 0.15) is 25.7 Å². The molecular formula is C13H19FN2O3S. The Labute approximate surface area is 118 Å². The van der Waals surface area contributed by atoms with Gasteiger partial charge in [-0.15, -0.1) is 0 Å². The van der Waals surface area contributed by atoms with Crippen molar-refractivity contribution in [1.82, 2.24) is 4.31 Å². The monoisotopic (exact) mass is 302 g/mol. The molecule has 0 saturated heterocycles. The first-order valence-corrected chi connectivity index (χ1v) is 8.08. The van der Waals surface area contributed by atoms with Gasteiger partial charge in [-0.3, -0.25) is 0 Å². The molecule has 20 heavy (non-hydrogen) atoms. The molecule has 0 aromatic heterocycles. The molecule has 0 bridgehead atoms. The number of hydrogen-bond donors (Lipinski definition) is 2. The Kier molecular flexibility index (Phi) is 4.62. The molecule has 0 radical (unpaired) electrons. The molecule has 0 spiro atoms. The molecule has 1 aromatic rings. The van der Waals surface area contributed by atoms with Gasteiger partial charge in [0, 0.05) is 24.9 Å². The lowest BCUT2D eigenvalue weighted by atomic mass is 9.93. The summed E-state index contributed by atoms with van der Waals surface area (Å²) in [5.74, 6) is -0.799. The minimum atomic E-state index is -3.92. The molecule has 112 valence electrons. The minimum Gasteiger partial charge on any atom is -0.399 e. The van der Waals surface area contributed by atoms with E-state index in [9.17, 15) is 12.8 Å². The summed E-state index contributed by atoms with van der Waals surface area (Å²) < 4.78 is 40.3. The fourth-order valence-electron chi connectivity index (χ4n) is 2.24. The smallest absolute Gasteiger partial charge is 0.246 e. The predicted molar refractivity (Wildman–Crippen MR) is 74.0 cm³/mol. The summed E-state index contributed by atoms with van der Waals surface area (Å²) in [6.07, 6.45) is 2.85. The third kappa shape index (κ3) is 2.94. The Morgan fingerprint density at radius 1 is 1.40 bits per heavy atom. The van der Waals surface area contributed by atoms with Crippen LogP contribution in [0.15, 0.2) is 23.1 Å². The number of rotatable bonds is 6. The van der Waals surface area contributed by atoms with Crippen molar-refractivity contribution in [1.29, 1.82) is 0 Å². The van der Waals surface area contributed by atoms with Crippen LogP contribution >= 0.6 is 0 Å². The fourth-order valence-corrected chi connectivity index (χ4v) is 4.07. The molecule has 0 atom stereocenters. The predicted octanol–water partition coefficient (Wildman–Crippen LogP) is 1.33. The van der Waals surface area contributed by atoms with Crippen LogP contribution in [0.4, 0.5) is 10.1 Å². The highest BCUT2D eigenvalue weighted by Gasteiger charge is 2.35. The molecule has 0 aliphatic heterocycles. The van der Waals surface area contributed by atoms with E-state index in [0.717, 1.165) is 31.4 Å². The first-order chi connectivity index (χ1) is 9.46. The topological polar surface area (TPSA) is 83.6 Å². The van der Waals surface area contributed by atoms with Gasteiger partial charge in [0.05, 0.1) is 0 Å². The number of anilines is 1. The highest BCUT2D eigenvalue weighted by Crippen LogP contribution is 2.31. The number of nitrogens with two attached hydrogens (primary N) is 1. The lowest BCUT2D eigenvalue weighted by molar-refractivity contribution is 0.198. The number of benzene rings is 1. The zero-order valence-electron chi connectivity index (χ0n) is 11.1. The fraction of sp³-hybridized carbons (Fsp3) is 0.538. The molecule has 1 saturated carbocycles. The van der Waals surface area contributed by atoms with Gasteiger partial charge in [-0.05, 0) is 37.5 Å². The summed E-state index contributed by atoms with van der Waals surface area (Å²) >= 11 is 0. The number of halogens is 1. The van der Waals surface area contributed by atoms with Crippen molar-refractivity contribution in [2.45, 2.75) is 36.6 Å². The molecule has 0 unspecified atom stereocenters. The average Bonchev–Trinajstić information content (AvgIpc) is 2.34. The molecule has 1 aliphatic carbocycles. The van der Waals surface area contributed by atoms with Gasteiger partial charge in [0.15, 0.2) is 0 Å². The van der Waals surface area contributed by atoms with Crippen molar-refractivity contribution < 1.29 is 17.9 Å². The molecule has 7 heteroatoms. The molecule has 1 fully saturated rings. The average molecular weight is 302 g/mol. The lowest BCUT2D eigenvalue weighted by Gasteiger charge is -2.36. The molecule has 3 N–H and O–H groups in total. The van der Waals surface area contributed by atoms with Crippen molar-refractivity contribution in [3.63, 3.8) is 0 Å². The Hall–Kier alpha value is -1.18. The maximum atomic E-state index is 13.8. The standard InChI is InChI=1S/C13H19FN2O3S/c14-12-6-5-10(15)9-13(12)20(18,19)16(7-2-8-17)11-3-1-4-11/h5-6,9,11,17H,1-4,7-8,15H2. The Balaban J connectivity index is 2.36. The van der Waals surface area contributed by atoms with E-state index in [1.54, 1.807) is 0 Å². The van der Waals surface area contributed by atoms with Gasteiger partial charge in [0.25, 0.3) is 0 Å². The zero-order chi connectivity index (χ0) is 14.8. The van der Waals surface area contributed by atoms with Crippen molar-refractivity contribution in [3.05, 3.63) is 24.0 Å². The van der Waals surface area contributed by atoms with Crippen LogP contribution in [-0.2, 0) is 10.0 Å². The summed E-state index contributed by atoms with van der Waals surface area (Å²) in [6, 6.07) is 3.44. The van der Waals surface area contributed by atoms with Crippen LogP contribution in [0.5, 0.6) is 0 Å². The third-order valence-electron chi connectivity index (χ3n) is 3.56. The van der Waals surface area contributed by atoms with E-state index >= 15 is 0 Å². The van der Waals surface area contributed by atoms with Crippen LogP contribution in [0.25, 0.3) is 0 Å². The normalized spacial score (nSPS) is 16.4. The third-order valence-corrected chi connectivity index (χ3v) is 5.53. The van der Waals surface area contributed by atoms with Crippen molar-refractivity contribution >= 4 is 15.7 Å². The van der Waals surface area contributed by atoms with Crippen molar-refractivity contribution in [2.75, 3.05) is 18.9 Å². The maximum Gasteiger partial charge on any atom is 0.246 e. The van der Waals surface area contributed by atoms with Gasteiger partial charge in [0.2, 0.25) is 10.0 Å². The van der Waals surface area contributed by atoms with Gasteiger partial charge in [-0.2, -0.15) is 4.31 Å². The number of aliphatic hydroxyl groups excluding tert-OH is 1. The van der Waals surface area contributed by atoms with Crippen molar-refractivity contribution in [2.24, 2.45) is 0 Å². The van der Waals surface area contributed by atoms with Crippen molar-refractivity contribution in [3.8, 4) is 0 Å². The van der Waals surface area contributed by atoms with Gasteiger partial charge < -0.3 is 10.8 Å². The van der Waals surface area contributed by atoms with Gasteiger partial charge in [-0.1, -0.05) is 6.42 Å². The first-order valence-electron chi connectivity index (χ1n) is 6.64. The summed E-state index contributed by atoms with van der Waals surface area (Å²) in [7, 11) is -3.92. The highest BCUT2D eigenvalue weighted by atomic mass is 32.2. The Bertz CT molecular complexity index is 573. The van der Waals surface area contributed by atoms with E-state index in [1.165, 1.54) is 10.4 Å². The number of nitrogen functional groups attached to an aromatic ring is 1. The maximum absolute atomic E-state index is 13.8. The van der Waals surface area contributed by atoms with E-state index in [1.807, 2.05) is 0 Å². The molecule has 2 rings (SSSR count). The van der Waals surface area contributed by atoms with E-state index < -0.39 is 15.8 Å². The second-order valence-electron chi connectivity index (χ2n) is 4.97. The molecule has 1 aromatic carbocycles. The highest BCUT2D eigenvalue weighted by molar-refractivity contribution is 7.89. The van der Waals surface area contributed by atoms with Gasteiger partial charge >= 0.3 is 0 Å². The van der Waals surface area contributed by atoms with Gasteiger partial charge in [-0.25, -0.2) is 12.8 Å². The van der Waals surface area contributed by atoms with E-state index in [4.69, 9.17) is 10.8 Å². The second-order valence-corrected chi connectivity index (χ2v) is 6.83. The summed E-state index contributed by atoms with van der Waals surface area (Å²) in [5, 5.41) is 8.91. The number of hydrogen-bond acceptors (Lipinski definition) is 4. The minimum absolute atomic E-state index is 0.0991. The second kappa shape index (κ2) is 6.07. The van der Waals surface area contributed by atoms with E-state index in [2.05, 4.69) is 0 Å². The van der Waals surface area contributed by atoms with E-state index in [0.29, 0.717) is 6.42 Å². The summed E-state index contributed by atoms with van der Waals surface area (Å²) in [6.45, 7) is 0.0931. The Morgan fingerprint density at radius 2 is 2.10 bits per heavy atom. The van der Waals surface area contributed by atoms with E-state index in [-0.39, 0.29) is 29.8 Å². The number of sulfonamides is 1. The Morgan fingerprint density at radius 3 is 2.65 bits per heavy atom. The number of aliphatic hydroxyl groups is 1.